The summed E-state index contributed by atoms with van der Waals surface area (Å²) in [7, 11) is 1.57. The lowest BCUT2D eigenvalue weighted by atomic mass is 10.0. The molecule has 0 aliphatic rings. The Bertz CT molecular complexity index is 683. The van der Waals surface area contributed by atoms with Crippen LogP contribution in [0.25, 0.3) is 0 Å². The second kappa shape index (κ2) is 24.8. The van der Waals surface area contributed by atoms with Crippen molar-refractivity contribution in [3.63, 3.8) is 0 Å². The zero-order chi connectivity index (χ0) is 30.1. The van der Waals surface area contributed by atoms with Gasteiger partial charge in [-0.3, -0.25) is 13.8 Å². The van der Waals surface area contributed by atoms with E-state index >= 15 is 0 Å². The summed E-state index contributed by atoms with van der Waals surface area (Å²) >= 11 is 0. The number of carbonyl (C=O) groups is 1. The second-order valence-electron chi connectivity index (χ2n) is 12.2. The molecule has 0 aromatic heterocycles. The number of hydrogen-bond donors (Lipinski definition) is 3. The first-order valence-corrected chi connectivity index (χ1v) is 17.6. The minimum atomic E-state index is -4.30. The Kier molecular flexibility index (Phi) is 24.3. The molecule has 0 aliphatic carbocycles. The van der Waals surface area contributed by atoms with Gasteiger partial charge in [-0.1, -0.05) is 116 Å². The standard InChI is InChI=1S/C31H63N2O6P/c1-6-8-10-11-12-13-14-15-16-17-18-19-20-21-22-23-24-30(34)29(32-31(35)25-9-7-2)28-39-40(36,37)38-27-26-33(3,4)5/h23-24,29-30,34H,6-22,25-28H2,1-5H3,(H-,32,35,36,37)/p+1/b24-23+. The molecule has 0 fully saturated rings. The summed E-state index contributed by atoms with van der Waals surface area (Å²) in [6.07, 6.45) is 23.8. The molecule has 0 bridgehead atoms. The van der Waals surface area contributed by atoms with E-state index in [-0.39, 0.29) is 19.1 Å². The maximum atomic E-state index is 12.3. The first kappa shape index (κ1) is 39.2. The lowest BCUT2D eigenvalue weighted by Gasteiger charge is -2.25. The van der Waals surface area contributed by atoms with Gasteiger partial charge in [0, 0.05) is 6.42 Å². The molecule has 0 spiro atoms. The first-order chi connectivity index (χ1) is 19.0. The van der Waals surface area contributed by atoms with E-state index in [2.05, 4.69) is 12.2 Å². The summed E-state index contributed by atoms with van der Waals surface area (Å²) in [5.74, 6) is -0.214. The fourth-order valence-electron chi connectivity index (χ4n) is 4.31. The fourth-order valence-corrected chi connectivity index (χ4v) is 5.05. The third kappa shape index (κ3) is 26.2. The summed E-state index contributed by atoms with van der Waals surface area (Å²) < 4.78 is 23.1. The van der Waals surface area contributed by atoms with Crippen molar-refractivity contribution in [2.24, 2.45) is 0 Å². The van der Waals surface area contributed by atoms with Crippen molar-refractivity contribution in [2.75, 3.05) is 40.9 Å². The fraction of sp³-hybridized carbons (Fsp3) is 0.903. The number of rotatable bonds is 28. The van der Waals surface area contributed by atoms with Gasteiger partial charge in [0.2, 0.25) is 5.91 Å². The average Bonchev–Trinajstić information content (AvgIpc) is 2.88. The number of likely N-dealkylation sites (N-methyl/N-ethyl adjacent to an activating group) is 1. The van der Waals surface area contributed by atoms with E-state index in [1.165, 1.54) is 77.0 Å². The number of allylic oxidation sites excluding steroid dienone is 1. The molecule has 3 N–H and O–H groups in total. The normalized spacial score (nSPS) is 15.3. The van der Waals surface area contributed by atoms with Crippen LogP contribution in [0, 0.1) is 0 Å². The molecular weight excluding hydrogens is 527 g/mol. The summed E-state index contributed by atoms with van der Waals surface area (Å²) in [4.78, 5) is 22.3. The monoisotopic (exact) mass is 591 g/mol. The zero-order valence-electron chi connectivity index (χ0n) is 26.6. The van der Waals surface area contributed by atoms with Gasteiger partial charge in [-0.25, -0.2) is 4.57 Å². The minimum Gasteiger partial charge on any atom is -0.387 e. The third-order valence-electron chi connectivity index (χ3n) is 7.01. The van der Waals surface area contributed by atoms with Crippen molar-refractivity contribution in [3.8, 4) is 0 Å². The Morgan fingerprint density at radius 3 is 1.82 bits per heavy atom. The quantitative estimate of drug-likeness (QED) is 0.0382. The van der Waals surface area contributed by atoms with E-state index in [0.717, 1.165) is 32.1 Å². The van der Waals surface area contributed by atoms with Crippen molar-refractivity contribution >= 4 is 13.7 Å². The molecule has 0 saturated heterocycles. The van der Waals surface area contributed by atoms with Crippen LogP contribution in [-0.2, 0) is 18.4 Å². The molecule has 3 unspecified atom stereocenters. The molecule has 0 aliphatic heterocycles. The lowest BCUT2D eigenvalue weighted by Crippen LogP contribution is -2.45. The Morgan fingerprint density at radius 1 is 0.825 bits per heavy atom. The largest absolute Gasteiger partial charge is 0.472 e. The van der Waals surface area contributed by atoms with Gasteiger partial charge in [0.1, 0.15) is 13.2 Å². The number of hydrogen-bond acceptors (Lipinski definition) is 5. The average molecular weight is 592 g/mol. The molecule has 238 valence electrons. The van der Waals surface area contributed by atoms with Crippen LogP contribution in [0.1, 0.15) is 129 Å². The van der Waals surface area contributed by atoms with Gasteiger partial charge in [0.05, 0.1) is 39.9 Å². The summed E-state index contributed by atoms with van der Waals surface area (Å²) in [5.41, 5.74) is 0. The van der Waals surface area contributed by atoms with Crippen molar-refractivity contribution in [1.29, 1.82) is 0 Å². The summed E-state index contributed by atoms with van der Waals surface area (Å²) in [6, 6.07) is -0.834. The number of aliphatic hydroxyl groups excluding tert-OH is 1. The van der Waals surface area contributed by atoms with Crippen molar-refractivity contribution in [2.45, 2.75) is 142 Å². The van der Waals surface area contributed by atoms with Crippen LogP contribution in [0.5, 0.6) is 0 Å². The maximum Gasteiger partial charge on any atom is 0.472 e. The smallest absolute Gasteiger partial charge is 0.387 e. The number of phosphoric ester groups is 1. The number of nitrogens with zero attached hydrogens (tertiary/aromatic N) is 1. The molecule has 1 amide bonds. The van der Waals surface area contributed by atoms with E-state index < -0.39 is 20.0 Å². The number of quaternary nitrogens is 1. The molecule has 0 saturated carbocycles. The Balaban J connectivity index is 4.28. The van der Waals surface area contributed by atoms with Crippen LogP contribution in [-0.4, -0.2) is 73.4 Å². The van der Waals surface area contributed by atoms with Gasteiger partial charge in [-0.05, 0) is 19.3 Å². The number of unbranched alkanes of at least 4 members (excludes halogenated alkanes) is 15. The van der Waals surface area contributed by atoms with Crippen LogP contribution in [0.4, 0.5) is 0 Å². The van der Waals surface area contributed by atoms with E-state index in [4.69, 9.17) is 9.05 Å². The van der Waals surface area contributed by atoms with Crippen LogP contribution in [0.3, 0.4) is 0 Å². The SMILES string of the molecule is CCCCCCCCCCCCCCCC/C=C/C(O)C(COP(=O)(O)OCC[N+](C)(C)C)NC(=O)CCCC. The first-order valence-electron chi connectivity index (χ1n) is 16.1. The zero-order valence-corrected chi connectivity index (χ0v) is 27.5. The van der Waals surface area contributed by atoms with Crippen LogP contribution in [0.2, 0.25) is 0 Å². The molecule has 40 heavy (non-hydrogen) atoms. The van der Waals surface area contributed by atoms with Gasteiger partial charge in [0.25, 0.3) is 0 Å². The van der Waals surface area contributed by atoms with E-state index in [1.54, 1.807) is 6.08 Å². The molecule has 0 rings (SSSR count). The maximum absolute atomic E-state index is 12.3. The molecule has 0 aromatic rings. The van der Waals surface area contributed by atoms with Gasteiger partial charge < -0.3 is 19.8 Å². The highest BCUT2D eigenvalue weighted by Crippen LogP contribution is 2.43. The third-order valence-corrected chi connectivity index (χ3v) is 7.99. The highest BCUT2D eigenvalue weighted by Gasteiger charge is 2.27. The molecule has 8 nitrogen and oxygen atoms in total. The van der Waals surface area contributed by atoms with E-state index in [0.29, 0.717) is 17.4 Å². The molecule has 0 radical (unpaired) electrons. The topological polar surface area (TPSA) is 105 Å². The molecule has 3 atom stereocenters. The van der Waals surface area contributed by atoms with Crippen LogP contribution < -0.4 is 5.32 Å². The highest BCUT2D eigenvalue weighted by molar-refractivity contribution is 7.47. The number of aliphatic hydroxyl groups is 1. The van der Waals surface area contributed by atoms with Crippen molar-refractivity contribution in [3.05, 3.63) is 12.2 Å². The van der Waals surface area contributed by atoms with E-state index in [1.807, 2.05) is 34.1 Å². The molecular formula is C31H64N2O6P+. The summed E-state index contributed by atoms with van der Waals surface area (Å²) in [6.45, 7) is 4.54. The van der Waals surface area contributed by atoms with E-state index in [9.17, 15) is 19.4 Å². The Labute approximate surface area is 246 Å². The minimum absolute atomic E-state index is 0.0620. The van der Waals surface area contributed by atoms with Gasteiger partial charge in [-0.2, -0.15) is 0 Å². The number of phosphoric acid groups is 1. The predicted molar refractivity (Wildman–Crippen MR) is 166 cm³/mol. The molecule has 9 heteroatoms. The number of nitrogens with one attached hydrogen (secondary N) is 1. The summed E-state index contributed by atoms with van der Waals surface area (Å²) in [5, 5.41) is 13.4. The highest BCUT2D eigenvalue weighted by atomic mass is 31.2. The van der Waals surface area contributed by atoms with Crippen LogP contribution in [0.15, 0.2) is 12.2 Å². The number of carbonyl (C=O) groups excluding carboxylic acids is 1. The van der Waals surface area contributed by atoms with Gasteiger partial charge >= 0.3 is 7.82 Å². The van der Waals surface area contributed by atoms with Crippen molar-refractivity contribution in [1.82, 2.24) is 5.32 Å². The van der Waals surface area contributed by atoms with Crippen LogP contribution >= 0.6 is 7.82 Å². The Morgan fingerprint density at radius 2 is 1.32 bits per heavy atom. The number of amides is 1. The second-order valence-corrected chi connectivity index (χ2v) is 13.6. The molecule has 0 heterocycles. The lowest BCUT2D eigenvalue weighted by molar-refractivity contribution is -0.870. The molecule has 0 aromatic carbocycles. The van der Waals surface area contributed by atoms with Gasteiger partial charge in [-0.15, -0.1) is 0 Å². The van der Waals surface area contributed by atoms with Gasteiger partial charge in [0.15, 0.2) is 0 Å². The predicted octanol–water partition coefficient (Wildman–Crippen LogP) is 7.29. The Hall–Kier alpha value is -0.760. The van der Waals surface area contributed by atoms with Crippen molar-refractivity contribution < 1.29 is 32.9 Å².